The van der Waals surface area contributed by atoms with Crippen LogP contribution in [0.1, 0.15) is 10.4 Å². The van der Waals surface area contributed by atoms with Gasteiger partial charge in [0, 0.05) is 23.3 Å². The minimum absolute atomic E-state index is 0.305. The first kappa shape index (κ1) is 21.6. The van der Waals surface area contributed by atoms with Crippen molar-refractivity contribution < 1.29 is 13.9 Å². The summed E-state index contributed by atoms with van der Waals surface area (Å²) in [5.74, 6) is -0.305. The second-order valence-electron chi connectivity index (χ2n) is 7.24. The molecule has 0 saturated carbocycles. The summed E-state index contributed by atoms with van der Waals surface area (Å²) in [4.78, 5) is 12.8. The molecule has 1 amide bonds. The minimum atomic E-state index is -3.22. The summed E-state index contributed by atoms with van der Waals surface area (Å²) < 4.78 is 18.9. The van der Waals surface area contributed by atoms with Gasteiger partial charge in [-0.2, -0.15) is 0 Å². The van der Waals surface area contributed by atoms with E-state index in [1.54, 1.807) is 42.5 Å². The van der Waals surface area contributed by atoms with Crippen LogP contribution in [-0.2, 0) is 9.09 Å². The van der Waals surface area contributed by atoms with Gasteiger partial charge in [0.05, 0.1) is 11.4 Å². The Hall–Kier alpha value is -3.66. The Morgan fingerprint density at radius 1 is 0.781 bits per heavy atom. The average Bonchev–Trinajstić information content (AvgIpc) is 2.86. The molecule has 0 spiro atoms. The molecule has 0 aliphatic carbocycles. The van der Waals surface area contributed by atoms with Gasteiger partial charge in [-0.05, 0) is 59.7 Å². The Kier molecular flexibility index (Phi) is 6.22. The molecular weight excluding hydrogens is 419 g/mol. The number of rotatable bonds is 6. The number of nitrogens with one attached hydrogen (secondary N) is 1. The highest BCUT2D eigenvalue weighted by molar-refractivity contribution is 7.74. The molecular formula is C26H23N2O3P. The summed E-state index contributed by atoms with van der Waals surface area (Å²) in [6.45, 7) is 0. The molecule has 1 unspecified atom stereocenters. The molecule has 0 radical (unpaired) electrons. The monoisotopic (exact) mass is 442 g/mol. The molecule has 1 atom stereocenters. The van der Waals surface area contributed by atoms with Gasteiger partial charge < -0.3 is 15.6 Å². The molecule has 32 heavy (non-hydrogen) atoms. The van der Waals surface area contributed by atoms with Crippen LogP contribution < -0.4 is 21.7 Å². The van der Waals surface area contributed by atoms with Crippen molar-refractivity contribution in [2.45, 2.75) is 0 Å². The second kappa shape index (κ2) is 9.23. The van der Waals surface area contributed by atoms with E-state index in [1.165, 1.54) is 7.11 Å². The standard InChI is InChI=1S/C26H23N2O3P/c1-31-32(30,22-10-6-3-7-11-22)23-15-12-20(13-16-23)26(29)28-25-18-21(14-17-24(25)27)19-8-4-2-5-9-19/h2-18H,27H2,1H3,(H,28,29). The lowest BCUT2D eigenvalue weighted by molar-refractivity contribution is 0.102. The fourth-order valence-corrected chi connectivity index (χ4v) is 5.29. The molecule has 0 bridgehead atoms. The molecule has 0 aliphatic rings. The number of nitrogens with two attached hydrogens (primary N) is 1. The smallest absolute Gasteiger partial charge is 0.261 e. The normalized spacial score (nSPS) is 12.7. The van der Waals surface area contributed by atoms with Crippen molar-refractivity contribution in [1.82, 2.24) is 0 Å². The topological polar surface area (TPSA) is 81.4 Å². The summed E-state index contributed by atoms with van der Waals surface area (Å²) >= 11 is 0. The summed E-state index contributed by atoms with van der Waals surface area (Å²) in [5.41, 5.74) is 9.51. The quantitative estimate of drug-likeness (QED) is 0.323. The fourth-order valence-electron chi connectivity index (χ4n) is 3.46. The van der Waals surface area contributed by atoms with E-state index < -0.39 is 7.37 Å². The largest absolute Gasteiger partial charge is 0.397 e. The van der Waals surface area contributed by atoms with E-state index in [9.17, 15) is 9.36 Å². The molecule has 4 rings (SSSR count). The third kappa shape index (κ3) is 4.35. The van der Waals surface area contributed by atoms with Gasteiger partial charge in [-0.15, -0.1) is 0 Å². The van der Waals surface area contributed by atoms with Crippen LogP contribution in [0.15, 0.2) is 103 Å². The van der Waals surface area contributed by atoms with E-state index >= 15 is 0 Å². The van der Waals surface area contributed by atoms with Crippen molar-refractivity contribution in [3.8, 4) is 11.1 Å². The Bertz CT molecular complexity index is 1270. The lowest BCUT2D eigenvalue weighted by Crippen LogP contribution is -2.18. The molecule has 0 heterocycles. The van der Waals surface area contributed by atoms with E-state index in [4.69, 9.17) is 10.3 Å². The zero-order valence-corrected chi connectivity index (χ0v) is 18.5. The molecule has 0 aliphatic heterocycles. The zero-order valence-electron chi connectivity index (χ0n) is 17.6. The van der Waals surface area contributed by atoms with E-state index in [1.807, 2.05) is 60.7 Å². The van der Waals surface area contributed by atoms with Gasteiger partial charge in [-0.3, -0.25) is 9.36 Å². The number of carbonyl (C=O) groups excluding carboxylic acids is 1. The number of amides is 1. The predicted octanol–water partition coefficient (Wildman–Crippen LogP) is 5.06. The number of nitrogen functional groups attached to an aromatic ring is 1. The molecule has 4 aromatic rings. The van der Waals surface area contributed by atoms with Crippen molar-refractivity contribution in [1.29, 1.82) is 0 Å². The highest BCUT2D eigenvalue weighted by Crippen LogP contribution is 2.43. The van der Waals surface area contributed by atoms with Crippen molar-refractivity contribution in [2.75, 3.05) is 18.2 Å². The van der Waals surface area contributed by atoms with Crippen LogP contribution in [0.5, 0.6) is 0 Å². The fraction of sp³-hybridized carbons (Fsp3) is 0.0385. The molecule has 6 heteroatoms. The van der Waals surface area contributed by atoms with Crippen LogP contribution in [0, 0.1) is 0 Å². The Labute approximate surface area is 187 Å². The van der Waals surface area contributed by atoms with Gasteiger partial charge >= 0.3 is 0 Å². The highest BCUT2D eigenvalue weighted by atomic mass is 31.2. The minimum Gasteiger partial charge on any atom is -0.397 e. The molecule has 3 N–H and O–H groups in total. The molecule has 0 saturated heterocycles. The van der Waals surface area contributed by atoms with Crippen molar-refractivity contribution in [2.24, 2.45) is 0 Å². The van der Waals surface area contributed by atoms with Crippen molar-refractivity contribution in [3.05, 3.63) is 109 Å². The number of carbonyl (C=O) groups is 1. The average molecular weight is 442 g/mol. The van der Waals surface area contributed by atoms with Gasteiger partial charge in [-0.25, -0.2) is 0 Å². The van der Waals surface area contributed by atoms with Crippen LogP contribution >= 0.6 is 7.37 Å². The van der Waals surface area contributed by atoms with E-state index in [-0.39, 0.29) is 5.91 Å². The molecule has 0 aromatic heterocycles. The van der Waals surface area contributed by atoms with Crippen LogP contribution in [0.3, 0.4) is 0 Å². The SMILES string of the molecule is COP(=O)(c1ccccc1)c1ccc(C(=O)Nc2cc(-c3ccccc3)ccc2N)cc1. The van der Waals surface area contributed by atoms with Crippen LogP contribution in [0.4, 0.5) is 11.4 Å². The summed E-state index contributed by atoms with van der Waals surface area (Å²) in [6.07, 6.45) is 0. The summed E-state index contributed by atoms with van der Waals surface area (Å²) in [6, 6.07) is 31.0. The third-order valence-corrected chi connectivity index (χ3v) is 7.70. The van der Waals surface area contributed by atoms with Crippen LogP contribution in [0.2, 0.25) is 0 Å². The summed E-state index contributed by atoms with van der Waals surface area (Å²) in [7, 11) is -1.79. The first-order chi connectivity index (χ1) is 15.5. The van der Waals surface area contributed by atoms with Gasteiger partial charge in [0.2, 0.25) is 0 Å². The second-order valence-corrected chi connectivity index (χ2v) is 9.74. The molecule has 160 valence electrons. The maximum atomic E-state index is 13.4. The number of anilines is 2. The summed E-state index contributed by atoms with van der Waals surface area (Å²) in [5, 5.41) is 4.00. The first-order valence-electron chi connectivity index (χ1n) is 10.1. The maximum Gasteiger partial charge on any atom is 0.261 e. The van der Waals surface area contributed by atoms with Gasteiger partial charge in [0.25, 0.3) is 13.3 Å². The Morgan fingerprint density at radius 3 is 2.00 bits per heavy atom. The van der Waals surface area contributed by atoms with E-state index in [2.05, 4.69) is 5.32 Å². The highest BCUT2D eigenvalue weighted by Gasteiger charge is 2.27. The Morgan fingerprint density at radius 2 is 1.38 bits per heavy atom. The van der Waals surface area contributed by atoms with Crippen molar-refractivity contribution in [3.63, 3.8) is 0 Å². The van der Waals surface area contributed by atoms with E-state index in [0.717, 1.165) is 11.1 Å². The number of hydrogen-bond acceptors (Lipinski definition) is 4. The van der Waals surface area contributed by atoms with Gasteiger partial charge in [0.15, 0.2) is 0 Å². The lowest BCUT2D eigenvalue weighted by Gasteiger charge is -2.17. The van der Waals surface area contributed by atoms with Gasteiger partial charge in [0.1, 0.15) is 0 Å². The molecule has 4 aromatic carbocycles. The predicted molar refractivity (Wildman–Crippen MR) is 131 cm³/mol. The molecule has 0 fully saturated rings. The van der Waals surface area contributed by atoms with Crippen LogP contribution in [0.25, 0.3) is 11.1 Å². The first-order valence-corrected chi connectivity index (χ1v) is 11.7. The van der Waals surface area contributed by atoms with E-state index in [0.29, 0.717) is 27.5 Å². The third-order valence-electron chi connectivity index (χ3n) is 5.23. The van der Waals surface area contributed by atoms with Gasteiger partial charge in [-0.1, -0.05) is 54.6 Å². The lowest BCUT2D eigenvalue weighted by atomic mass is 10.0. The molecule has 5 nitrogen and oxygen atoms in total. The maximum absolute atomic E-state index is 13.4. The van der Waals surface area contributed by atoms with Crippen molar-refractivity contribution >= 4 is 35.3 Å². The number of hydrogen-bond donors (Lipinski definition) is 2. The zero-order chi connectivity index (χ0) is 22.6. The van der Waals surface area contributed by atoms with Crippen LogP contribution in [-0.4, -0.2) is 13.0 Å². The number of benzene rings is 4. The Balaban J connectivity index is 1.57.